The van der Waals surface area contributed by atoms with Crippen molar-refractivity contribution in [2.45, 2.75) is 6.92 Å². The number of Topliss-reactive ketones (excluding diaryl/α,β-unsaturated/α-hetero) is 1. The normalized spacial score (nSPS) is 12.0. The van der Waals surface area contributed by atoms with Crippen molar-refractivity contribution in [1.29, 1.82) is 0 Å². The fourth-order valence-corrected chi connectivity index (χ4v) is 3.81. The van der Waals surface area contributed by atoms with Gasteiger partial charge in [0.1, 0.15) is 0 Å². The molecule has 1 aliphatic rings. The van der Waals surface area contributed by atoms with E-state index in [0.29, 0.717) is 0 Å². The summed E-state index contributed by atoms with van der Waals surface area (Å²) in [5.74, 6) is 0.127. The third-order valence-electron chi connectivity index (χ3n) is 3.99. The summed E-state index contributed by atoms with van der Waals surface area (Å²) in [5, 5.41) is 0. The van der Waals surface area contributed by atoms with Crippen LogP contribution in [0.25, 0.3) is 22.8 Å². The van der Waals surface area contributed by atoms with Crippen molar-refractivity contribution in [1.82, 2.24) is 0 Å². The van der Waals surface area contributed by atoms with E-state index in [1.807, 2.05) is 12.1 Å². The molecule has 4 rings (SSSR count). The maximum atomic E-state index is 11.5. The van der Waals surface area contributed by atoms with Gasteiger partial charge < -0.3 is 0 Å². The van der Waals surface area contributed by atoms with Crippen LogP contribution in [-0.2, 0) is 0 Å². The predicted octanol–water partition coefficient (Wildman–Crippen LogP) is 5.52. The van der Waals surface area contributed by atoms with E-state index in [0.717, 1.165) is 9.75 Å². The Bertz CT molecular complexity index is 867. The van der Waals surface area contributed by atoms with Crippen LogP contribution in [0.3, 0.4) is 0 Å². The zero-order valence-electron chi connectivity index (χ0n) is 12.2. The Morgan fingerprint density at radius 2 is 1.36 bits per heavy atom. The number of benzene rings is 2. The molecule has 0 saturated heterocycles. The van der Waals surface area contributed by atoms with Gasteiger partial charge in [-0.3, -0.25) is 4.79 Å². The Morgan fingerprint density at radius 1 is 0.818 bits per heavy atom. The van der Waals surface area contributed by atoms with Gasteiger partial charge in [-0.05, 0) is 53.0 Å². The van der Waals surface area contributed by atoms with Gasteiger partial charge in [0.25, 0.3) is 0 Å². The van der Waals surface area contributed by atoms with Crippen molar-refractivity contribution in [3.05, 3.63) is 81.5 Å². The molecule has 0 saturated carbocycles. The molecule has 22 heavy (non-hydrogen) atoms. The average molecular weight is 302 g/mol. The monoisotopic (exact) mass is 302 g/mol. The number of hydrogen-bond donors (Lipinski definition) is 0. The molecule has 0 spiro atoms. The Hall–Kier alpha value is -2.45. The van der Waals surface area contributed by atoms with Gasteiger partial charge in [0.15, 0.2) is 5.78 Å². The molecule has 0 atom stereocenters. The van der Waals surface area contributed by atoms with Crippen LogP contribution in [0.2, 0.25) is 0 Å². The van der Waals surface area contributed by atoms with Crippen molar-refractivity contribution in [2.75, 3.05) is 0 Å². The van der Waals surface area contributed by atoms with Gasteiger partial charge in [-0.25, -0.2) is 0 Å². The second-order valence-corrected chi connectivity index (χ2v) is 6.52. The standard InChI is InChI=1S/C20H14OS/c1-13(21)20-11-10-14(22-20)12-19-17-8-4-2-6-15(17)16-7-3-5-9-18(16)19/h2-12H,1H3. The molecular weight excluding hydrogens is 288 g/mol. The van der Waals surface area contributed by atoms with E-state index in [4.69, 9.17) is 0 Å². The molecule has 0 N–H and O–H groups in total. The highest BCUT2D eigenvalue weighted by Gasteiger charge is 2.22. The van der Waals surface area contributed by atoms with Crippen LogP contribution in [0.15, 0.2) is 60.7 Å². The lowest BCUT2D eigenvalue weighted by Crippen LogP contribution is -1.83. The zero-order chi connectivity index (χ0) is 15.1. The molecular formula is C20H14OS. The molecule has 1 heterocycles. The molecule has 1 aliphatic carbocycles. The topological polar surface area (TPSA) is 17.1 Å². The molecule has 0 fully saturated rings. The number of carbonyl (C=O) groups is 1. The van der Waals surface area contributed by atoms with E-state index in [1.54, 1.807) is 18.3 Å². The quantitative estimate of drug-likeness (QED) is 0.446. The molecule has 0 radical (unpaired) electrons. The van der Waals surface area contributed by atoms with Crippen LogP contribution < -0.4 is 0 Å². The highest BCUT2D eigenvalue weighted by molar-refractivity contribution is 7.15. The van der Waals surface area contributed by atoms with E-state index in [9.17, 15) is 4.79 Å². The summed E-state index contributed by atoms with van der Waals surface area (Å²) in [7, 11) is 0. The van der Waals surface area contributed by atoms with Crippen molar-refractivity contribution < 1.29 is 4.79 Å². The van der Waals surface area contributed by atoms with Crippen LogP contribution in [0.4, 0.5) is 0 Å². The van der Waals surface area contributed by atoms with E-state index in [2.05, 4.69) is 54.6 Å². The molecule has 3 aromatic rings. The third-order valence-corrected chi connectivity index (χ3v) is 5.12. The molecule has 1 nitrogen and oxygen atoms in total. The zero-order valence-corrected chi connectivity index (χ0v) is 13.0. The Morgan fingerprint density at radius 3 is 1.86 bits per heavy atom. The van der Waals surface area contributed by atoms with Crippen molar-refractivity contribution in [2.24, 2.45) is 0 Å². The smallest absolute Gasteiger partial charge is 0.169 e. The van der Waals surface area contributed by atoms with Crippen molar-refractivity contribution in [3.8, 4) is 11.1 Å². The molecule has 0 amide bonds. The van der Waals surface area contributed by atoms with E-state index < -0.39 is 0 Å². The first-order valence-electron chi connectivity index (χ1n) is 7.26. The van der Waals surface area contributed by atoms with Gasteiger partial charge in [-0.1, -0.05) is 48.5 Å². The highest BCUT2D eigenvalue weighted by Crippen LogP contribution is 2.45. The van der Waals surface area contributed by atoms with Gasteiger partial charge in [0, 0.05) is 4.88 Å². The second-order valence-electron chi connectivity index (χ2n) is 5.41. The average Bonchev–Trinajstić information content (AvgIpc) is 3.13. The van der Waals surface area contributed by atoms with Crippen LogP contribution in [0.1, 0.15) is 32.6 Å². The fourth-order valence-electron chi connectivity index (χ4n) is 2.97. The minimum atomic E-state index is 0.127. The van der Waals surface area contributed by atoms with Crippen LogP contribution in [-0.4, -0.2) is 5.78 Å². The minimum Gasteiger partial charge on any atom is -0.294 e. The van der Waals surface area contributed by atoms with Gasteiger partial charge in [0.05, 0.1) is 4.88 Å². The number of rotatable bonds is 2. The summed E-state index contributed by atoms with van der Waals surface area (Å²) in [6, 6.07) is 20.9. The molecule has 0 aliphatic heterocycles. The number of ketones is 1. The number of hydrogen-bond acceptors (Lipinski definition) is 2. The van der Waals surface area contributed by atoms with Gasteiger partial charge in [0.2, 0.25) is 0 Å². The molecule has 0 bridgehead atoms. The van der Waals surface area contributed by atoms with Gasteiger partial charge in [-0.2, -0.15) is 0 Å². The van der Waals surface area contributed by atoms with Crippen LogP contribution >= 0.6 is 11.3 Å². The first-order chi connectivity index (χ1) is 10.7. The fraction of sp³-hybridized carbons (Fsp3) is 0.0500. The van der Waals surface area contributed by atoms with E-state index in [1.165, 1.54) is 27.8 Å². The molecule has 2 aromatic carbocycles. The Kier molecular flexibility index (Phi) is 3.05. The summed E-state index contributed by atoms with van der Waals surface area (Å²) in [6.45, 7) is 1.61. The predicted molar refractivity (Wildman–Crippen MR) is 93.2 cm³/mol. The number of thiophene rings is 1. The largest absolute Gasteiger partial charge is 0.294 e. The lowest BCUT2D eigenvalue weighted by Gasteiger charge is -2.01. The third kappa shape index (κ3) is 2.04. The number of fused-ring (bicyclic) bond motifs is 3. The highest BCUT2D eigenvalue weighted by atomic mass is 32.1. The van der Waals surface area contributed by atoms with E-state index in [-0.39, 0.29) is 5.78 Å². The first-order valence-corrected chi connectivity index (χ1v) is 8.07. The summed E-state index contributed by atoms with van der Waals surface area (Å²) in [4.78, 5) is 13.4. The second kappa shape index (κ2) is 5.08. The maximum absolute atomic E-state index is 11.5. The lowest BCUT2D eigenvalue weighted by atomic mass is 10.0. The lowest BCUT2D eigenvalue weighted by molar-refractivity contribution is 0.102. The summed E-state index contributed by atoms with van der Waals surface area (Å²) in [5.41, 5.74) is 6.34. The minimum absolute atomic E-state index is 0.127. The summed E-state index contributed by atoms with van der Waals surface area (Å²) < 4.78 is 0. The van der Waals surface area contributed by atoms with Gasteiger partial charge in [-0.15, -0.1) is 11.3 Å². The van der Waals surface area contributed by atoms with Crippen molar-refractivity contribution >= 4 is 28.8 Å². The van der Waals surface area contributed by atoms with Crippen LogP contribution in [0, 0.1) is 0 Å². The number of carbonyl (C=O) groups excluding carboxylic acids is 1. The van der Waals surface area contributed by atoms with E-state index >= 15 is 0 Å². The Labute approximate surface area is 133 Å². The molecule has 2 heteroatoms. The molecule has 106 valence electrons. The first kappa shape index (κ1) is 13.2. The van der Waals surface area contributed by atoms with Crippen molar-refractivity contribution in [3.63, 3.8) is 0 Å². The Balaban J connectivity index is 1.90. The van der Waals surface area contributed by atoms with Gasteiger partial charge >= 0.3 is 0 Å². The maximum Gasteiger partial charge on any atom is 0.169 e. The summed E-state index contributed by atoms with van der Waals surface area (Å²) >= 11 is 1.55. The SMILES string of the molecule is CC(=O)c1ccc(C=C2c3ccccc3-c3ccccc32)s1. The molecule has 1 aromatic heterocycles. The molecule has 0 unspecified atom stereocenters. The van der Waals surface area contributed by atoms with Crippen LogP contribution in [0.5, 0.6) is 0 Å². The summed E-state index contributed by atoms with van der Waals surface area (Å²) in [6.07, 6.45) is 2.20.